The van der Waals surface area contributed by atoms with Crippen LogP contribution in [-0.2, 0) is 4.79 Å². The third kappa shape index (κ3) is 4.37. The number of nitrogens with zero attached hydrogens (tertiary/aromatic N) is 3. The zero-order valence-corrected chi connectivity index (χ0v) is 10.6. The highest BCUT2D eigenvalue weighted by Gasteiger charge is 2.00. The number of nitrogens with one attached hydrogen (secondary N) is 1. The van der Waals surface area contributed by atoms with Crippen LogP contribution in [0.15, 0.2) is 47.8 Å². The van der Waals surface area contributed by atoms with E-state index in [0.717, 1.165) is 0 Å². The lowest BCUT2D eigenvalue weighted by Gasteiger charge is -2.03. The van der Waals surface area contributed by atoms with Gasteiger partial charge >= 0.3 is 0 Å². The van der Waals surface area contributed by atoms with Gasteiger partial charge in [-0.2, -0.15) is 5.10 Å². The molecule has 7 heteroatoms. The number of anilines is 1. The number of hydrogen-bond acceptors (Lipinski definition) is 6. The van der Waals surface area contributed by atoms with Crippen LogP contribution in [0.2, 0.25) is 0 Å². The molecule has 102 valence electrons. The molecule has 0 aliphatic carbocycles. The lowest BCUT2D eigenvalue weighted by molar-refractivity contribution is -0.123. The summed E-state index contributed by atoms with van der Waals surface area (Å²) in [7, 11) is 0. The van der Waals surface area contributed by atoms with Gasteiger partial charge in [0.2, 0.25) is 5.95 Å². The predicted molar refractivity (Wildman–Crippen MR) is 74.1 cm³/mol. The molecule has 7 nitrogen and oxygen atoms in total. The molecule has 0 bridgehead atoms. The van der Waals surface area contributed by atoms with E-state index in [0.29, 0.717) is 11.3 Å². The van der Waals surface area contributed by atoms with E-state index >= 15 is 0 Å². The van der Waals surface area contributed by atoms with Crippen molar-refractivity contribution in [1.82, 2.24) is 15.4 Å². The number of hydrazone groups is 1. The second-order valence-electron chi connectivity index (χ2n) is 3.77. The van der Waals surface area contributed by atoms with Crippen LogP contribution in [0.4, 0.5) is 5.95 Å². The van der Waals surface area contributed by atoms with Crippen molar-refractivity contribution in [2.24, 2.45) is 5.10 Å². The molecule has 1 aromatic carbocycles. The normalized spacial score (nSPS) is 10.4. The maximum Gasteiger partial charge on any atom is 0.277 e. The van der Waals surface area contributed by atoms with E-state index in [1.807, 2.05) is 18.2 Å². The SMILES string of the molecule is Nc1ncc(/C=N/NC(=O)COc2ccccc2)cn1. The van der Waals surface area contributed by atoms with Crippen LogP contribution in [0.3, 0.4) is 0 Å². The molecule has 0 aliphatic rings. The van der Waals surface area contributed by atoms with E-state index in [1.165, 1.54) is 18.6 Å². The van der Waals surface area contributed by atoms with Crippen molar-refractivity contribution in [2.45, 2.75) is 0 Å². The first-order chi connectivity index (χ1) is 9.74. The largest absolute Gasteiger partial charge is 0.484 e. The summed E-state index contributed by atoms with van der Waals surface area (Å²) in [5.74, 6) is 0.447. The number of nitrogens with two attached hydrogens (primary N) is 1. The minimum atomic E-state index is -0.360. The van der Waals surface area contributed by atoms with Gasteiger partial charge in [0, 0.05) is 18.0 Å². The quantitative estimate of drug-likeness (QED) is 0.612. The van der Waals surface area contributed by atoms with Crippen molar-refractivity contribution in [3.05, 3.63) is 48.3 Å². The fourth-order valence-corrected chi connectivity index (χ4v) is 1.29. The molecule has 0 saturated heterocycles. The van der Waals surface area contributed by atoms with Gasteiger partial charge in [0.05, 0.1) is 6.21 Å². The van der Waals surface area contributed by atoms with Crippen LogP contribution in [0.25, 0.3) is 0 Å². The van der Waals surface area contributed by atoms with Gasteiger partial charge in [-0.3, -0.25) is 4.79 Å². The van der Waals surface area contributed by atoms with Gasteiger partial charge in [0.25, 0.3) is 5.91 Å². The molecule has 3 N–H and O–H groups in total. The van der Waals surface area contributed by atoms with Crippen LogP contribution < -0.4 is 15.9 Å². The molecule has 1 aromatic heterocycles. The number of aromatic nitrogens is 2. The fraction of sp³-hybridized carbons (Fsp3) is 0.0769. The lowest BCUT2D eigenvalue weighted by atomic mass is 10.3. The van der Waals surface area contributed by atoms with E-state index in [2.05, 4.69) is 20.5 Å². The molecule has 0 atom stereocenters. The molecule has 1 amide bonds. The molecule has 0 aliphatic heterocycles. The second kappa shape index (κ2) is 6.83. The second-order valence-corrected chi connectivity index (χ2v) is 3.77. The average molecular weight is 271 g/mol. The van der Waals surface area contributed by atoms with Gasteiger partial charge in [0.15, 0.2) is 6.61 Å². The molecular formula is C13H13N5O2. The number of amides is 1. The number of carbonyl (C=O) groups excluding carboxylic acids is 1. The monoisotopic (exact) mass is 271 g/mol. The number of hydrogen-bond donors (Lipinski definition) is 2. The fourth-order valence-electron chi connectivity index (χ4n) is 1.29. The number of benzene rings is 1. The maximum atomic E-state index is 11.5. The summed E-state index contributed by atoms with van der Waals surface area (Å²) in [6, 6.07) is 9.05. The highest BCUT2D eigenvalue weighted by atomic mass is 16.5. The first kappa shape index (κ1) is 13.5. The maximum absolute atomic E-state index is 11.5. The Bertz CT molecular complexity index is 583. The van der Waals surface area contributed by atoms with Gasteiger partial charge in [0.1, 0.15) is 5.75 Å². The Kier molecular flexibility index (Phi) is 4.60. The average Bonchev–Trinajstić information content (AvgIpc) is 2.48. The molecule has 0 radical (unpaired) electrons. The summed E-state index contributed by atoms with van der Waals surface area (Å²) in [5.41, 5.74) is 8.31. The number of carbonyl (C=O) groups is 1. The molecule has 0 spiro atoms. The number of para-hydroxylation sites is 1. The van der Waals surface area contributed by atoms with Crippen molar-refractivity contribution in [3.8, 4) is 5.75 Å². The summed E-state index contributed by atoms with van der Waals surface area (Å²) in [6.07, 6.45) is 4.41. The van der Waals surface area contributed by atoms with E-state index in [1.54, 1.807) is 12.1 Å². The third-order valence-corrected chi connectivity index (χ3v) is 2.21. The lowest BCUT2D eigenvalue weighted by Crippen LogP contribution is -2.24. The van der Waals surface area contributed by atoms with E-state index in [4.69, 9.17) is 10.5 Å². The number of nitrogen functional groups attached to an aromatic ring is 1. The molecular weight excluding hydrogens is 258 g/mol. The Hall–Kier alpha value is -2.96. The van der Waals surface area contributed by atoms with Crippen molar-refractivity contribution >= 4 is 18.1 Å². The first-order valence-electron chi connectivity index (χ1n) is 5.81. The van der Waals surface area contributed by atoms with Crippen molar-refractivity contribution < 1.29 is 9.53 Å². The first-order valence-corrected chi connectivity index (χ1v) is 5.81. The molecule has 0 unspecified atom stereocenters. The topological polar surface area (TPSA) is 102 Å². The van der Waals surface area contributed by atoms with Crippen molar-refractivity contribution in [3.63, 3.8) is 0 Å². The number of rotatable bonds is 5. The standard InChI is InChI=1S/C13H13N5O2/c14-13-15-6-10(7-16-13)8-17-18-12(19)9-20-11-4-2-1-3-5-11/h1-8H,9H2,(H,18,19)(H2,14,15,16)/b17-8+. The molecule has 20 heavy (non-hydrogen) atoms. The summed E-state index contributed by atoms with van der Waals surface area (Å²) < 4.78 is 5.26. The van der Waals surface area contributed by atoms with Gasteiger partial charge in [-0.05, 0) is 12.1 Å². The van der Waals surface area contributed by atoms with Crippen LogP contribution in [0.1, 0.15) is 5.56 Å². The summed E-state index contributed by atoms with van der Waals surface area (Å²) in [4.78, 5) is 19.0. The number of ether oxygens (including phenoxy) is 1. The molecule has 2 rings (SSSR count). The highest BCUT2D eigenvalue weighted by Crippen LogP contribution is 2.07. The van der Waals surface area contributed by atoms with E-state index in [-0.39, 0.29) is 18.5 Å². The summed E-state index contributed by atoms with van der Waals surface area (Å²) >= 11 is 0. The predicted octanol–water partition coefficient (Wildman–Crippen LogP) is 0.588. The molecule has 2 aromatic rings. The Morgan fingerprint density at radius 3 is 2.70 bits per heavy atom. The molecule has 0 fully saturated rings. The summed E-state index contributed by atoms with van der Waals surface area (Å²) in [5, 5.41) is 3.76. The van der Waals surface area contributed by atoms with Crippen molar-refractivity contribution in [2.75, 3.05) is 12.3 Å². The minimum absolute atomic E-state index is 0.112. The Balaban J connectivity index is 1.76. The van der Waals surface area contributed by atoms with Gasteiger partial charge in [-0.25, -0.2) is 15.4 Å². The zero-order chi connectivity index (χ0) is 14.2. The van der Waals surface area contributed by atoms with E-state index in [9.17, 15) is 4.79 Å². The minimum Gasteiger partial charge on any atom is -0.484 e. The van der Waals surface area contributed by atoms with Crippen molar-refractivity contribution in [1.29, 1.82) is 0 Å². The Morgan fingerprint density at radius 1 is 1.30 bits per heavy atom. The van der Waals surface area contributed by atoms with Crippen LogP contribution in [0, 0.1) is 0 Å². The highest BCUT2D eigenvalue weighted by molar-refractivity contribution is 5.82. The Labute approximate surface area is 115 Å². The van der Waals surface area contributed by atoms with Gasteiger partial charge in [-0.1, -0.05) is 18.2 Å². The van der Waals surface area contributed by atoms with Gasteiger partial charge < -0.3 is 10.5 Å². The summed E-state index contributed by atoms with van der Waals surface area (Å²) in [6.45, 7) is -0.112. The van der Waals surface area contributed by atoms with Gasteiger partial charge in [-0.15, -0.1) is 0 Å². The van der Waals surface area contributed by atoms with Crippen LogP contribution in [-0.4, -0.2) is 28.7 Å². The zero-order valence-electron chi connectivity index (χ0n) is 10.6. The van der Waals surface area contributed by atoms with E-state index < -0.39 is 0 Å². The smallest absolute Gasteiger partial charge is 0.277 e. The third-order valence-electron chi connectivity index (χ3n) is 2.21. The molecule has 0 saturated carbocycles. The molecule has 1 heterocycles. The Morgan fingerprint density at radius 2 is 2.00 bits per heavy atom. The van der Waals surface area contributed by atoms with Crippen LogP contribution >= 0.6 is 0 Å². The van der Waals surface area contributed by atoms with Crippen LogP contribution in [0.5, 0.6) is 5.75 Å².